The number of benzene rings is 3. The Morgan fingerprint density at radius 3 is 2.08 bits per heavy atom. The third-order valence-corrected chi connectivity index (χ3v) is 8.45. The van der Waals surface area contributed by atoms with Crippen molar-refractivity contribution in [3.05, 3.63) is 95.8 Å². The standard InChI is InChI=1S/C31H38FN3O4S/c1-5-20-33-31(37)29(6-2)34(21-24-12-16-26(32)17-13-24)30(36)22-35(27-18-14-25(15-19-27)23(3)4)40(38,39)28-10-8-7-9-11-28/h7-19,23,29H,5-6,20-22H2,1-4H3,(H,33,37). The average molecular weight is 568 g/mol. The Balaban J connectivity index is 2.04. The van der Waals surface area contributed by atoms with Gasteiger partial charge >= 0.3 is 0 Å². The molecule has 0 heterocycles. The second-order valence-electron chi connectivity index (χ2n) is 9.93. The molecule has 0 aliphatic heterocycles. The lowest BCUT2D eigenvalue weighted by Crippen LogP contribution is -2.52. The van der Waals surface area contributed by atoms with E-state index < -0.39 is 34.3 Å². The van der Waals surface area contributed by atoms with Gasteiger partial charge in [0.2, 0.25) is 11.8 Å². The highest BCUT2D eigenvalue weighted by Gasteiger charge is 2.33. The van der Waals surface area contributed by atoms with Crippen molar-refractivity contribution < 1.29 is 22.4 Å². The van der Waals surface area contributed by atoms with E-state index in [1.165, 1.54) is 29.2 Å². The fourth-order valence-electron chi connectivity index (χ4n) is 4.35. The number of halogens is 1. The molecule has 3 rings (SSSR count). The van der Waals surface area contributed by atoms with Gasteiger partial charge in [-0.25, -0.2) is 12.8 Å². The van der Waals surface area contributed by atoms with Gasteiger partial charge in [0.25, 0.3) is 10.0 Å². The number of amides is 2. The van der Waals surface area contributed by atoms with E-state index in [4.69, 9.17) is 0 Å². The van der Waals surface area contributed by atoms with Gasteiger partial charge in [-0.2, -0.15) is 0 Å². The van der Waals surface area contributed by atoms with Crippen LogP contribution in [0.5, 0.6) is 0 Å². The van der Waals surface area contributed by atoms with Crippen molar-refractivity contribution in [2.45, 2.75) is 63.9 Å². The topological polar surface area (TPSA) is 86.8 Å². The van der Waals surface area contributed by atoms with Crippen molar-refractivity contribution in [3.63, 3.8) is 0 Å². The molecule has 0 saturated carbocycles. The average Bonchev–Trinajstić information content (AvgIpc) is 2.96. The van der Waals surface area contributed by atoms with Crippen LogP contribution in [0.4, 0.5) is 10.1 Å². The maximum atomic E-state index is 14.0. The lowest BCUT2D eigenvalue weighted by Gasteiger charge is -2.33. The van der Waals surface area contributed by atoms with Crippen LogP contribution in [0.1, 0.15) is 57.6 Å². The maximum absolute atomic E-state index is 14.0. The predicted molar refractivity (Wildman–Crippen MR) is 156 cm³/mol. The molecule has 1 atom stereocenters. The van der Waals surface area contributed by atoms with E-state index in [2.05, 4.69) is 5.32 Å². The molecule has 214 valence electrons. The van der Waals surface area contributed by atoms with E-state index in [0.29, 0.717) is 24.2 Å². The van der Waals surface area contributed by atoms with Crippen LogP contribution in [0.15, 0.2) is 83.8 Å². The SMILES string of the molecule is CCCNC(=O)C(CC)N(Cc1ccc(F)cc1)C(=O)CN(c1ccc(C(C)C)cc1)S(=O)(=O)c1ccccc1. The van der Waals surface area contributed by atoms with Crippen LogP contribution in [-0.4, -0.2) is 44.3 Å². The van der Waals surface area contributed by atoms with Gasteiger partial charge in [-0.3, -0.25) is 13.9 Å². The highest BCUT2D eigenvalue weighted by Crippen LogP contribution is 2.27. The van der Waals surface area contributed by atoms with Crippen molar-refractivity contribution in [2.75, 3.05) is 17.4 Å². The second-order valence-corrected chi connectivity index (χ2v) is 11.8. The Bertz CT molecular complexity index is 1360. The molecule has 0 saturated heterocycles. The highest BCUT2D eigenvalue weighted by molar-refractivity contribution is 7.92. The number of rotatable bonds is 13. The molecule has 0 aliphatic rings. The van der Waals surface area contributed by atoms with E-state index in [1.807, 2.05) is 32.9 Å². The van der Waals surface area contributed by atoms with Crippen molar-refractivity contribution >= 4 is 27.5 Å². The molecule has 0 fully saturated rings. The number of nitrogens with zero attached hydrogens (tertiary/aromatic N) is 2. The van der Waals surface area contributed by atoms with Gasteiger partial charge < -0.3 is 10.2 Å². The van der Waals surface area contributed by atoms with Gasteiger partial charge in [0.1, 0.15) is 18.4 Å². The number of hydrogen-bond donors (Lipinski definition) is 1. The third-order valence-electron chi connectivity index (χ3n) is 6.66. The summed E-state index contributed by atoms with van der Waals surface area (Å²) in [4.78, 5) is 28.5. The van der Waals surface area contributed by atoms with Gasteiger partial charge in [0.15, 0.2) is 0 Å². The lowest BCUT2D eigenvalue weighted by atomic mass is 10.0. The highest BCUT2D eigenvalue weighted by atomic mass is 32.2. The molecule has 9 heteroatoms. The normalized spacial score (nSPS) is 12.2. The van der Waals surface area contributed by atoms with Crippen LogP contribution in [0, 0.1) is 5.82 Å². The van der Waals surface area contributed by atoms with Crippen molar-refractivity contribution in [1.29, 1.82) is 0 Å². The minimum absolute atomic E-state index is 0.0165. The summed E-state index contributed by atoms with van der Waals surface area (Å²) in [5.74, 6) is -1.04. The molecule has 3 aromatic carbocycles. The zero-order valence-corrected chi connectivity index (χ0v) is 24.3. The van der Waals surface area contributed by atoms with Crippen LogP contribution < -0.4 is 9.62 Å². The maximum Gasteiger partial charge on any atom is 0.264 e. The molecule has 3 aromatic rings. The summed E-state index contributed by atoms with van der Waals surface area (Å²) in [6, 6.07) is 19.9. The molecule has 0 spiro atoms. The Morgan fingerprint density at radius 1 is 0.900 bits per heavy atom. The van der Waals surface area contributed by atoms with Crippen LogP contribution >= 0.6 is 0 Å². The van der Waals surface area contributed by atoms with Crippen LogP contribution in [0.2, 0.25) is 0 Å². The van der Waals surface area contributed by atoms with Gasteiger partial charge in [0, 0.05) is 13.1 Å². The molecule has 0 aliphatic carbocycles. The van der Waals surface area contributed by atoms with E-state index in [9.17, 15) is 22.4 Å². The Labute approximate surface area is 237 Å². The smallest absolute Gasteiger partial charge is 0.264 e. The molecular formula is C31H38FN3O4S. The van der Waals surface area contributed by atoms with E-state index in [0.717, 1.165) is 16.3 Å². The summed E-state index contributed by atoms with van der Waals surface area (Å²) >= 11 is 0. The zero-order valence-electron chi connectivity index (χ0n) is 23.5. The minimum atomic E-state index is -4.13. The summed E-state index contributed by atoms with van der Waals surface area (Å²) in [5, 5.41) is 2.85. The number of anilines is 1. The van der Waals surface area contributed by atoms with E-state index >= 15 is 0 Å². The molecule has 1 N–H and O–H groups in total. The number of nitrogens with one attached hydrogen (secondary N) is 1. The molecule has 7 nitrogen and oxygen atoms in total. The lowest BCUT2D eigenvalue weighted by molar-refractivity contribution is -0.140. The summed E-state index contributed by atoms with van der Waals surface area (Å²) in [6.07, 6.45) is 1.04. The first-order valence-corrected chi connectivity index (χ1v) is 15.0. The van der Waals surface area contributed by atoms with Crippen LogP contribution in [-0.2, 0) is 26.2 Å². The van der Waals surface area contributed by atoms with Crippen molar-refractivity contribution in [1.82, 2.24) is 10.2 Å². The van der Waals surface area contributed by atoms with Gasteiger partial charge in [-0.15, -0.1) is 0 Å². The zero-order chi connectivity index (χ0) is 29.3. The quantitative estimate of drug-likeness (QED) is 0.296. The number of sulfonamides is 1. The number of carbonyl (C=O) groups is 2. The van der Waals surface area contributed by atoms with Crippen molar-refractivity contribution in [3.8, 4) is 0 Å². The summed E-state index contributed by atoms with van der Waals surface area (Å²) in [6.45, 7) is 7.76. The van der Waals surface area contributed by atoms with Crippen molar-refractivity contribution in [2.24, 2.45) is 0 Å². The molecule has 2 amide bonds. The van der Waals surface area contributed by atoms with Gasteiger partial charge in [-0.1, -0.05) is 70.2 Å². The van der Waals surface area contributed by atoms with Crippen LogP contribution in [0.3, 0.4) is 0 Å². The summed E-state index contributed by atoms with van der Waals surface area (Å²) < 4.78 is 42.4. The van der Waals surface area contributed by atoms with E-state index in [1.54, 1.807) is 49.4 Å². The molecule has 0 aromatic heterocycles. The first kappa shape index (κ1) is 30.8. The fourth-order valence-corrected chi connectivity index (χ4v) is 5.78. The number of carbonyl (C=O) groups excluding carboxylic acids is 2. The predicted octanol–water partition coefficient (Wildman–Crippen LogP) is 5.48. The monoisotopic (exact) mass is 567 g/mol. The first-order chi connectivity index (χ1) is 19.1. The Hall–Kier alpha value is -3.72. The van der Waals surface area contributed by atoms with E-state index in [-0.39, 0.29) is 23.3 Å². The molecule has 1 unspecified atom stereocenters. The second kappa shape index (κ2) is 14.1. The van der Waals surface area contributed by atoms with Gasteiger partial charge in [-0.05, 0) is 66.3 Å². The molecule has 40 heavy (non-hydrogen) atoms. The number of hydrogen-bond acceptors (Lipinski definition) is 4. The summed E-state index contributed by atoms with van der Waals surface area (Å²) in [5.41, 5.74) is 1.99. The summed E-state index contributed by atoms with van der Waals surface area (Å²) in [7, 11) is -4.13. The Morgan fingerprint density at radius 2 is 1.52 bits per heavy atom. The minimum Gasteiger partial charge on any atom is -0.354 e. The van der Waals surface area contributed by atoms with Gasteiger partial charge in [0.05, 0.1) is 10.6 Å². The fraction of sp³-hybridized carbons (Fsp3) is 0.355. The third kappa shape index (κ3) is 7.69. The Kier molecular flexibility index (Phi) is 10.8. The van der Waals surface area contributed by atoms with Crippen LogP contribution in [0.25, 0.3) is 0 Å². The largest absolute Gasteiger partial charge is 0.354 e. The first-order valence-electron chi connectivity index (χ1n) is 13.6. The molecule has 0 bridgehead atoms. The molecular weight excluding hydrogens is 529 g/mol. The molecule has 0 radical (unpaired) electrons.